The second-order valence-corrected chi connectivity index (χ2v) is 4.51. The first-order chi connectivity index (χ1) is 7.54. The summed E-state index contributed by atoms with van der Waals surface area (Å²) in [5.41, 5.74) is 2.43. The molecule has 1 heterocycles. The van der Waals surface area contributed by atoms with Gasteiger partial charge < -0.3 is 4.74 Å². The number of pyridine rings is 1. The van der Waals surface area contributed by atoms with Crippen molar-refractivity contribution in [3.63, 3.8) is 0 Å². The Bertz CT molecular complexity index is 361. The molecule has 0 amide bonds. The molecule has 0 aromatic carbocycles. The van der Waals surface area contributed by atoms with Gasteiger partial charge in [0.15, 0.2) is 11.9 Å². The molecule has 0 bridgehead atoms. The molecule has 0 spiro atoms. The zero-order valence-corrected chi connectivity index (χ0v) is 10.4. The number of hydrogen-bond donors (Lipinski definition) is 0. The van der Waals surface area contributed by atoms with Gasteiger partial charge in [0.2, 0.25) is 0 Å². The molecule has 0 aliphatic carbocycles. The van der Waals surface area contributed by atoms with E-state index in [1.165, 1.54) is 5.56 Å². The molecule has 1 atom stereocenters. The average Bonchev–Trinajstić information content (AvgIpc) is 2.16. The number of aryl methyl sites for hydroxylation is 1. The molecule has 0 aliphatic heterocycles. The van der Waals surface area contributed by atoms with Crippen molar-refractivity contribution in [3.05, 3.63) is 29.6 Å². The lowest BCUT2D eigenvalue weighted by Crippen LogP contribution is -2.41. The summed E-state index contributed by atoms with van der Waals surface area (Å²) in [5, 5.41) is 0. The van der Waals surface area contributed by atoms with Gasteiger partial charge in [-0.25, -0.2) is 0 Å². The summed E-state index contributed by atoms with van der Waals surface area (Å²) in [4.78, 5) is 10.3. The van der Waals surface area contributed by atoms with Crippen molar-refractivity contribution < 1.29 is 14.1 Å². The highest BCUT2D eigenvalue weighted by atomic mass is 16.5. The van der Waals surface area contributed by atoms with Gasteiger partial charge in [-0.3, -0.25) is 4.79 Å². The fourth-order valence-corrected chi connectivity index (χ4v) is 1.84. The Hall–Kier alpha value is -1.38. The minimum atomic E-state index is -0.245. The zero-order valence-electron chi connectivity index (χ0n) is 10.4. The van der Waals surface area contributed by atoms with Crippen LogP contribution in [-0.4, -0.2) is 6.47 Å². The highest BCUT2D eigenvalue weighted by molar-refractivity contribution is 5.36. The molecule has 88 valence electrons. The van der Waals surface area contributed by atoms with Gasteiger partial charge in [0, 0.05) is 26.0 Å². The normalized spacial score (nSPS) is 12.6. The van der Waals surface area contributed by atoms with Crippen LogP contribution >= 0.6 is 0 Å². The van der Waals surface area contributed by atoms with E-state index in [2.05, 4.69) is 26.0 Å². The number of nitrogens with zero attached hydrogens (tertiary/aromatic N) is 1. The lowest BCUT2D eigenvalue weighted by molar-refractivity contribution is -0.757. The fourth-order valence-electron chi connectivity index (χ4n) is 1.84. The van der Waals surface area contributed by atoms with E-state index in [0.29, 0.717) is 12.4 Å². The number of carbonyl (C=O) groups excluding carboxylic acids is 1. The van der Waals surface area contributed by atoms with Crippen LogP contribution in [0.2, 0.25) is 0 Å². The lowest BCUT2D eigenvalue weighted by atomic mass is 10.0. The molecule has 3 nitrogen and oxygen atoms in total. The lowest BCUT2D eigenvalue weighted by Gasteiger charge is -2.09. The van der Waals surface area contributed by atoms with E-state index in [1.807, 2.05) is 24.6 Å². The summed E-state index contributed by atoms with van der Waals surface area (Å²) in [6.45, 7) is 8.76. The van der Waals surface area contributed by atoms with Crippen LogP contribution in [-0.2, 0) is 16.0 Å². The van der Waals surface area contributed by atoms with E-state index >= 15 is 0 Å². The average molecular weight is 222 g/mol. The van der Waals surface area contributed by atoms with E-state index in [-0.39, 0.29) is 6.23 Å². The van der Waals surface area contributed by atoms with Crippen LogP contribution in [0.4, 0.5) is 0 Å². The van der Waals surface area contributed by atoms with E-state index < -0.39 is 0 Å². The molecule has 0 aliphatic rings. The van der Waals surface area contributed by atoms with Crippen molar-refractivity contribution in [2.75, 3.05) is 0 Å². The van der Waals surface area contributed by atoms with Gasteiger partial charge in [0.05, 0.1) is 0 Å². The SMILES string of the molecule is Cc1cc(CC(C)C)cc[n+]1C(C)OC=O. The number of hydrogen-bond acceptors (Lipinski definition) is 2. The van der Waals surface area contributed by atoms with Gasteiger partial charge in [0.25, 0.3) is 6.47 Å². The Balaban J connectivity index is 2.86. The van der Waals surface area contributed by atoms with Gasteiger partial charge >= 0.3 is 6.23 Å². The van der Waals surface area contributed by atoms with Crippen molar-refractivity contribution in [1.82, 2.24) is 0 Å². The molecule has 0 saturated carbocycles. The smallest absolute Gasteiger partial charge is 0.301 e. The van der Waals surface area contributed by atoms with E-state index in [1.54, 1.807) is 0 Å². The third-order valence-corrected chi connectivity index (χ3v) is 2.54. The minimum absolute atomic E-state index is 0.245. The maximum Gasteiger partial charge on any atom is 0.301 e. The molecule has 1 aromatic rings. The number of rotatable bonds is 5. The van der Waals surface area contributed by atoms with Gasteiger partial charge in [-0.1, -0.05) is 13.8 Å². The van der Waals surface area contributed by atoms with Gasteiger partial charge in [-0.15, -0.1) is 0 Å². The van der Waals surface area contributed by atoms with Gasteiger partial charge in [0.1, 0.15) is 0 Å². The quantitative estimate of drug-likeness (QED) is 0.564. The van der Waals surface area contributed by atoms with Crippen LogP contribution in [0.5, 0.6) is 0 Å². The first kappa shape index (κ1) is 12.7. The molecule has 3 heteroatoms. The second-order valence-electron chi connectivity index (χ2n) is 4.51. The molecule has 0 radical (unpaired) electrons. The van der Waals surface area contributed by atoms with Crippen LogP contribution in [0.25, 0.3) is 0 Å². The second kappa shape index (κ2) is 5.64. The first-order valence-electron chi connectivity index (χ1n) is 5.64. The monoisotopic (exact) mass is 222 g/mol. The molecule has 1 aromatic heterocycles. The number of carbonyl (C=O) groups is 1. The molecular weight excluding hydrogens is 202 g/mol. The summed E-state index contributed by atoms with van der Waals surface area (Å²) in [6.07, 6.45) is 2.80. The largest absolute Gasteiger partial charge is 0.405 e. The van der Waals surface area contributed by atoms with Crippen LogP contribution in [0.3, 0.4) is 0 Å². The summed E-state index contributed by atoms with van der Waals surface area (Å²) in [5.74, 6) is 0.652. The Morgan fingerprint density at radius 1 is 1.44 bits per heavy atom. The Morgan fingerprint density at radius 2 is 2.12 bits per heavy atom. The summed E-state index contributed by atoms with van der Waals surface area (Å²) in [7, 11) is 0. The summed E-state index contributed by atoms with van der Waals surface area (Å²) in [6, 6.07) is 4.22. The first-order valence-corrected chi connectivity index (χ1v) is 5.64. The number of ether oxygens (including phenoxy) is 1. The molecule has 0 fully saturated rings. The van der Waals surface area contributed by atoms with Crippen molar-refractivity contribution in [3.8, 4) is 0 Å². The van der Waals surface area contributed by atoms with Crippen LogP contribution in [0.1, 0.15) is 38.3 Å². The molecular formula is C13H20NO2+. The maximum absolute atomic E-state index is 10.3. The minimum Gasteiger partial charge on any atom is -0.405 e. The fraction of sp³-hybridized carbons (Fsp3) is 0.538. The molecule has 1 unspecified atom stereocenters. The molecule has 1 rings (SSSR count). The number of aromatic nitrogens is 1. The maximum atomic E-state index is 10.3. The predicted molar refractivity (Wildman–Crippen MR) is 61.8 cm³/mol. The van der Waals surface area contributed by atoms with Crippen LogP contribution in [0, 0.1) is 12.8 Å². The highest BCUT2D eigenvalue weighted by Crippen LogP contribution is 2.09. The third-order valence-electron chi connectivity index (χ3n) is 2.54. The molecule has 0 N–H and O–H groups in total. The van der Waals surface area contributed by atoms with Gasteiger partial charge in [-0.05, 0) is 17.9 Å². The van der Waals surface area contributed by atoms with Crippen molar-refractivity contribution >= 4 is 6.47 Å². The zero-order chi connectivity index (χ0) is 12.1. The summed E-state index contributed by atoms with van der Waals surface area (Å²) < 4.78 is 6.85. The molecule has 16 heavy (non-hydrogen) atoms. The molecule has 0 saturated heterocycles. The Labute approximate surface area is 97.1 Å². The van der Waals surface area contributed by atoms with Crippen molar-refractivity contribution in [2.45, 2.75) is 40.3 Å². The van der Waals surface area contributed by atoms with E-state index in [4.69, 9.17) is 4.74 Å². The standard InChI is InChI=1S/C13H20NO2/c1-10(2)7-13-5-6-14(11(3)8-13)12(4)16-9-15/h5-6,8-10,12H,7H2,1-4H3/q+1. The third kappa shape index (κ3) is 3.33. The highest BCUT2D eigenvalue weighted by Gasteiger charge is 2.16. The summed E-state index contributed by atoms with van der Waals surface area (Å²) >= 11 is 0. The van der Waals surface area contributed by atoms with Crippen LogP contribution < -0.4 is 4.57 Å². The topological polar surface area (TPSA) is 30.2 Å². The predicted octanol–water partition coefficient (Wildman–Crippen LogP) is 2.17. The van der Waals surface area contributed by atoms with Gasteiger partial charge in [-0.2, -0.15) is 4.57 Å². The Kier molecular flexibility index (Phi) is 4.47. The Morgan fingerprint density at radius 3 is 2.62 bits per heavy atom. The van der Waals surface area contributed by atoms with Crippen molar-refractivity contribution in [1.29, 1.82) is 0 Å². The van der Waals surface area contributed by atoms with Crippen LogP contribution in [0.15, 0.2) is 18.3 Å². The van der Waals surface area contributed by atoms with E-state index in [9.17, 15) is 4.79 Å². The van der Waals surface area contributed by atoms with E-state index in [0.717, 1.165) is 12.1 Å². The van der Waals surface area contributed by atoms with Crippen molar-refractivity contribution in [2.24, 2.45) is 5.92 Å².